The third-order valence-corrected chi connectivity index (χ3v) is 3.62. The minimum absolute atomic E-state index is 0.0342. The Bertz CT molecular complexity index is 248. The summed E-state index contributed by atoms with van der Waals surface area (Å²) in [5.74, 6) is 0.155. The Labute approximate surface area is 103 Å². The summed E-state index contributed by atoms with van der Waals surface area (Å²) in [7, 11) is 0. The number of ether oxygens (including phenoxy) is 1. The molecule has 0 bridgehead atoms. The quantitative estimate of drug-likeness (QED) is 0.701. The van der Waals surface area contributed by atoms with Gasteiger partial charge in [0.25, 0.3) is 0 Å². The molecule has 2 unspecified atom stereocenters. The third kappa shape index (κ3) is 3.66. The van der Waals surface area contributed by atoms with E-state index in [1.54, 1.807) is 0 Å². The third-order valence-electron chi connectivity index (χ3n) is 3.62. The highest BCUT2D eigenvalue weighted by Crippen LogP contribution is 2.06. The lowest BCUT2D eigenvalue weighted by Crippen LogP contribution is -2.49. The summed E-state index contributed by atoms with van der Waals surface area (Å²) in [6, 6.07) is 0.427. The van der Waals surface area contributed by atoms with Gasteiger partial charge in [0.2, 0.25) is 5.91 Å². The zero-order valence-corrected chi connectivity index (χ0v) is 10.6. The van der Waals surface area contributed by atoms with Gasteiger partial charge >= 0.3 is 0 Å². The van der Waals surface area contributed by atoms with Crippen molar-refractivity contribution in [3.8, 4) is 0 Å². The second-order valence-corrected chi connectivity index (χ2v) is 4.89. The Hall–Kier alpha value is -0.650. The Balaban J connectivity index is 1.67. The normalized spacial score (nSPS) is 27.9. The fraction of sp³-hybridized carbons (Fsp3) is 0.917. The molecule has 5 heteroatoms. The lowest BCUT2D eigenvalue weighted by atomic mass is 10.2. The van der Waals surface area contributed by atoms with E-state index in [-0.39, 0.29) is 11.9 Å². The number of rotatable bonds is 4. The Morgan fingerprint density at radius 3 is 2.94 bits per heavy atom. The van der Waals surface area contributed by atoms with E-state index in [1.165, 1.54) is 0 Å². The van der Waals surface area contributed by atoms with Gasteiger partial charge in [-0.2, -0.15) is 0 Å². The molecule has 2 saturated heterocycles. The van der Waals surface area contributed by atoms with E-state index in [2.05, 4.69) is 22.5 Å². The molecule has 0 aromatic carbocycles. The summed E-state index contributed by atoms with van der Waals surface area (Å²) in [5.41, 5.74) is 0. The van der Waals surface area contributed by atoms with Crippen molar-refractivity contribution in [3.05, 3.63) is 0 Å². The van der Waals surface area contributed by atoms with Gasteiger partial charge in [0.1, 0.15) is 0 Å². The first kappa shape index (κ1) is 12.8. The molecule has 0 aromatic rings. The minimum atomic E-state index is 0.0342. The molecule has 98 valence electrons. The molecule has 2 N–H and O–H groups in total. The van der Waals surface area contributed by atoms with Gasteiger partial charge < -0.3 is 15.4 Å². The fourth-order valence-electron chi connectivity index (χ4n) is 2.43. The molecule has 2 fully saturated rings. The van der Waals surface area contributed by atoms with Crippen LogP contribution < -0.4 is 10.6 Å². The number of morpholine rings is 1. The van der Waals surface area contributed by atoms with Crippen LogP contribution in [0.2, 0.25) is 0 Å². The maximum absolute atomic E-state index is 11.8. The van der Waals surface area contributed by atoms with Crippen LogP contribution in [0.15, 0.2) is 0 Å². The van der Waals surface area contributed by atoms with E-state index < -0.39 is 0 Å². The Morgan fingerprint density at radius 1 is 1.53 bits per heavy atom. The first-order valence-electron chi connectivity index (χ1n) is 6.60. The predicted octanol–water partition coefficient (Wildman–Crippen LogP) is -0.425. The number of hydrogen-bond donors (Lipinski definition) is 2. The number of amides is 1. The van der Waals surface area contributed by atoms with Crippen LogP contribution >= 0.6 is 0 Å². The summed E-state index contributed by atoms with van der Waals surface area (Å²) in [4.78, 5) is 14.2. The molecular weight excluding hydrogens is 218 g/mol. The summed E-state index contributed by atoms with van der Waals surface area (Å²) in [5, 5.41) is 6.25. The standard InChI is InChI=1S/C12H23N3O2/c1-10(15-5-7-17-8-6-15)9-14-12(16)11-3-2-4-13-11/h10-11,13H,2-9H2,1H3,(H,14,16). The van der Waals surface area contributed by atoms with Gasteiger partial charge in [0.05, 0.1) is 19.3 Å². The molecule has 0 aliphatic carbocycles. The monoisotopic (exact) mass is 241 g/mol. The molecule has 2 aliphatic heterocycles. The summed E-state index contributed by atoms with van der Waals surface area (Å²) >= 11 is 0. The second-order valence-electron chi connectivity index (χ2n) is 4.89. The van der Waals surface area contributed by atoms with Gasteiger partial charge in [-0.15, -0.1) is 0 Å². The number of carbonyl (C=O) groups excluding carboxylic acids is 1. The van der Waals surface area contributed by atoms with Crippen LogP contribution in [0.1, 0.15) is 19.8 Å². The van der Waals surface area contributed by atoms with Crippen LogP contribution in [0.5, 0.6) is 0 Å². The van der Waals surface area contributed by atoms with E-state index >= 15 is 0 Å². The largest absolute Gasteiger partial charge is 0.379 e. The fourth-order valence-corrected chi connectivity index (χ4v) is 2.43. The van der Waals surface area contributed by atoms with Crippen LogP contribution in [0.4, 0.5) is 0 Å². The number of carbonyl (C=O) groups is 1. The summed E-state index contributed by atoms with van der Waals surface area (Å²) in [6.45, 7) is 7.42. The molecule has 0 spiro atoms. The van der Waals surface area contributed by atoms with Gasteiger partial charge in [-0.25, -0.2) is 0 Å². The highest BCUT2D eigenvalue weighted by atomic mass is 16.5. The van der Waals surface area contributed by atoms with Crippen LogP contribution in [-0.2, 0) is 9.53 Å². The van der Waals surface area contributed by atoms with E-state index in [0.717, 1.165) is 52.2 Å². The number of hydrogen-bond acceptors (Lipinski definition) is 4. The number of nitrogens with one attached hydrogen (secondary N) is 2. The molecule has 0 saturated carbocycles. The van der Waals surface area contributed by atoms with Gasteiger partial charge in [0, 0.05) is 25.7 Å². The van der Waals surface area contributed by atoms with Crippen LogP contribution in [0, 0.1) is 0 Å². The van der Waals surface area contributed by atoms with E-state index in [9.17, 15) is 4.79 Å². The molecule has 2 heterocycles. The molecular formula is C12H23N3O2. The Kier molecular flexibility index (Phi) is 4.76. The van der Waals surface area contributed by atoms with E-state index in [0.29, 0.717) is 6.04 Å². The van der Waals surface area contributed by atoms with Crippen LogP contribution in [0.25, 0.3) is 0 Å². The molecule has 0 radical (unpaired) electrons. The minimum Gasteiger partial charge on any atom is -0.379 e. The van der Waals surface area contributed by atoms with E-state index in [1.807, 2.05) is 0 Å². The highest BCUT2D eigenvalue weighted by Gasteiger charge is 2.23. The molecule has 1 amide bonds. The van der Waals surface area contributed by atoms with Crippen LogP contribution in [0.3, 0.4) is 0 Å². The highest BCUT2D eigenvalue weighted by molar-refractivity contribution is 5.82. The zero-order chi connectivity index (χ0) is 12.1. The topological polar surface area (TPSA) is 53.6 Å². The first-order valence-corrected chi connectivity index (χ1v) is 6.60. The lowest BCUT2D eigenvalue weighted by Gasteiger charge is -2.32. The van der Waals surface area contributed by atoms with Crippen molar-refractivity contribution >= 4 is 5.91 Å². The SMILES string of the molecule is CC(CNC(=O)C1CCCN1)N1CCOCC1. The summed E-state index contributed by atoms with van der Waals surface area (Å²) < 4.78 is 5.32. The maximum atomic E-state index is 11.8. The predicted molar refractivity (Wildman–Crippen MR) is 65.9 cm³/mol. The van der Waals surface area contributed by atoms with E-state index in [4.69, 9.17) is 4.74 Å². The van der Waals surface area contributed by atoms with Crippen molar-refractivity contribution in [1.82, 2.24) is 15.5 Å². The van der Waals surface area contributed by atoms with Crippen molar-refractivity contribution < 1.29 is 9.53 Å². The molecule has 5 nitrogen and oxygen atoms in total. The summed E-state index contributed by atoms with van der Waals surface area (Å²) in [6.07, 6.45) is 2.08. The molecule has 17 heavy (non-hydrogen) atoms. The molecule has 0 aromatic heterocycles. The Morgan fingerprint density at radius 2 is 2.29 bits per heavy atom. The molecule has 2 rings (SSSR count). The molecule has 2 aliphatic rings. The van der Waals surface area contributed by atoms with Crippen molar-refractivity contribution in [2.24, 2.45) is 0 Å². The first-order chi connectivity index (χ1) is 8.27. The average molecular weight is 241 g/mol. The zero-order valence-electron chi connectivity index (χ0n) is 10.6. The van der Waals surface area contributed by atoms with Gasteiger partial charge in [-0.3, -0.25) is 9.69 Å². The van der Waals surface area contributed by atoms with Crippen molar-refractivity contribution in [3.63, 3.8) is 0 Å². The maximum Gasteiger partial charge on any atom is 0.237 e. The van der Waals surface area contributed by atoms with Gasteiger partial charge in [-0.05, 0) is 26.3 Å². The smallest absolute Gasteiger partial charge is 0.237 e. The van der Waals surface area contributed by atoms with Gasteiger partial charge in [0.15, 0.2) is 0 Å². The van der Waals surface area contributed by atoms with Crippen molar-refractivity contribution in [2.75, 3.05) is 39.4 Å². The lowest BCUT2D eigenvalue weighted by molar-refractivity contribution is -0.123. The second kappa shape index (κ2) is 6.33. The number of nitrogens with zero attached hydrogens (tertiary/aromatic N) is 1. The molecule has 2 atom stereocenters. The van der Waals surface area contributed by atoms with Gasteiger partial charge in [-0.1, -0.05) is 0 Å². The van der Waals surface area contributed by atoms with Crippen LogP contribution in [-0.4, -0.2) is 62.3 Å². The average Bonchev–Trinajstić information content (AvgIpc) is 2.90. The van der Waals surface area contributed by atoms with Crippen molar-refractivity contribution in [2.45, 2.75) is 31.8 Å². The van der Waals surface area contributed by atoms with Crippen molar-refractivity contribution in [1.29, 1.82) is 0 Å².